The minimum absolute atomic E-state index is 0.165. The molecule has 0 aromatic heterocycles. The van der Waals surface area contributed by atoms with E-state index in [-0.39, 0.29) is 11.9 Å². The molecule has 2 atom stereocenters. The molecule has 1 aromatic rings. The van der Waals surface area contributed by atoms with Gasteiger partial charge in [0.25, 0.3) is 0 Å². The van der Waals surface area contributed by atoms with Gasteiger partial charge in [-0.1, -0.05) is 24.4 Å². The molecule has 0 spiro atoms. The molecule has 1 aromatic carbocycles. The molecule has 0 radical (unpaired) electrons. The standard InChI is InChI=1S/C13H17ClFN/c14-11-5-6-12(15)10(8-11)7-9-3-1-2-4-13(9)16/h5-6,8-9,13H,1-4,7,16H2. The predicted molar refractivity (Wildman–Crippen MR) is 65.0 cm³/mol. The fourth-order valence-electron chi connectivity index (χ4n) is 2.47. The summed E-state index contributed by atoms with van der Waals surface area (Å²) in [4.78, 5) is 0. The second-order valence-electron chi connectivity index (χ2n) is 4.65. The predicted octanol–water partition coefficient (Wildman–Crippen LogP) is 3.54. The van der Waals surface area contributed by atoms with Gasteiger partial charge in [0.2, 0.25) is 0 Å². The van der Waals surface area contributed by atoms with Crippen molar-refractivity contribution >= 4 is 11.6 Å². The zero-order valence-corrected chi connectivity index (χ0v) is 10.0. The van der Waals surface area contributed by atoms with Gasteiger partial charge in [-0.05, 0) is 48.9 Å². The maximum Gasteiger partial charge on any atom is 0.126 e. The van der Waals surface area contributed by atoms with Gasteiger partial charge in [-0.3, -0.25) is 0 Å². The molecule has 2 rings (SSSR count). The molecule has 2 N–H and O–H groups in total. The van der Waals surface area contributed by atoms with Crippen LogP contribution in [0.25, 0.3) is 0 Å². The van der Waals surface area contributed by atoms with Crippen molar-refractivity contribution in [1.82, 2.24) is 0 Å². The SMILES string of the molecule is NC1CCCCC1Cc1cc(Cl)ccc1F. The van der Waals surface area contributed by atoms with Crippen molar-refractivity contribution in [2.45, 2.75) is 38.1 Å². The van der Waals surface area contributed by atoms with Crippen LogP contribution >= 0.6 is 11.6 Å². The van der Waals surface area contributed by atoms with Crippen LogP contribution in [0.5, 0.6) is 0 Å². The summed E-state index contributed by atoms with van der Waals surface area (Å²) in [5, 5.41) is 0.598. The minimum Gasteiger partial charge on any atom is -0.327 e. The molecule has 2 unspecified atom stereocenters. The third-order valence-corrected chi connectivity index (χ3v) is 3.69. The molecule has 88 valence electrons. The van der Waals surface area contributed by atoms with Crippen LogP contribution in [0.3, 0.4) is 0 Å². The van der Waals surface area contributed by atoms with Gasteiger partial charge < -0.3 is 5.73 Å². The van der Waals surface area contributed by atoms with Crippen LogP contribution in [0.4, 0.5) is 4.39 Å². The molecule has 1 saturated carbocycles. The van der Waals surface area contributed by atoms with Crippen LogP contribution in [0, 0.1) is 11.7 Å². The quantitative estimate of drug-likeness (QED) is 0.842. The molecular weight excluding hydrogens is 225 g/mol. The summed E-state index contributed by atoms with van der Waals surface area (Å²) in [7, 11) is 0. The molecule has 16 heavy (non-hydrogen) atoms. The Morgan fingerprint density at radius 2 is 2.06 bits per heavy atom. The highest BCUT2D eigenvalue weighted by Crippen LogP contribution is 2.28. The molecule has 1 aliphatic rings. The van der Waals surface area contributed by atoms with Gasteiger partial charge in [-0.25, -0.2) is 4.39 Å². The van der Waals surface area contributed by atoms with Crippen molar-refractivity contribution in [2.75, 3.05) is 0 Å². The van der Waals surface area contributed by atoms with Crippen molar-refractivity contribution in [3.8, 4) is 0 Å². The second kappa shape index (κ2) is 5.15. The van der Waals surface area contributed by atoms with E-state index in [4.69, 9.17) is 17.3 Å². The Morgan fingerprint density at radius 3 is 2.81 bits per heavy atom. The van der Waals surface area contributed by atoms with Gasteiger partial charge in [-0.15, -0.1) is 0 Å². The van der Waals surface area contributed by atoms with Crippen molar-refractivity contribution in [3.63, 3.8) is 0 Å². The van der Waals surface area contributed by atoms with Crippen LogP contribution in [0.1, 0.15) is 31.2 Å². The molecular formula is C13H17ClFN. The average Bonchev–Trinajstić information content (AvgIpc) is 2.27. The lowest BCUT2D eigenvalue weighted by Gasteiger charge is -2.28. The Hall–Kier alpha value is -0.600. The van der Waals surface area contributed by atoms with Crippen molar-refractivity contribution in [1.29, 1.82) is 0 Å². The van der Waals surface area contributed by atoms with Crippen LogP contribution in [0.2, 0.25) is 5.02 Å². The first-order chi connectivity index (χ1) is 7.66. The van der Waals surface area contributed by atoms with Gasteiger partial charge in [-0.2, -0.15) is 0 Å². The zero-order valence-electron chi connectivity index (χ0n) is 9.26. The van der Waals surface area contributed by atoms with E-state index in [0.717, 1.165) is 12.8 Å². The minimum atomic E-state index is -0.165. The van der Waals surface area contributed by atoms with Gasteiger partial charge >= 0.3 is 0 Å². The lowest BCUT2D eigenvalue weighted by Crippen LogP contribution is -2.34. The van der Waals surface area contributed by atoms with Crippen LogP contribution in [0.15, 0.2) is 18.2 Å². The summed E-state index contributed by atoms with van der Waals surface area (Å²) in [6.45, 7) is 0. The Kier molecular flexibility index (Phi) is 3.82. The zero-order chi connectivity index (χ0) is 11.5. The van der Waals surface area contributed by atoms with E-state index in [1.807, 2.05) is 0 Å². The molecule has 1 aliphatic carbocycles. The van der Waals surface area contributed by atoms with Crippen molar-refractivity contribution in [2.24, 2.45) is 11.7 Å². The molecule has 0 amide bonds. The van der Waals surface area contributed by atoms with E-state index in [1.54, 1.807) is 12.1 Å². The summed E-state index contributed by atoms with van der Waals surface area (Å²) < 4.78 is 13.6. The van der Waals surface area contributed by atoms with Gasteiger partial charge in [0.15, 0.2) is 0 Å². The molecule has 0 saturated heterocycles. The first kappa shape index (κ1) is 11.9. The van der Waals surface area contributed by atoms with Gasteiger partial charge in [0, 0.05) is 11.1 Å². The Bertz CT molecular complexity index is 367. The Labute approximate surface area is 101 Å². The lowest BCUT2D eigenvalue weighted by atomic mass is 9.81. The molecule has 0 aliphatic heterocycles. The van der Waals surface area contributed by atoms with Crippen LogP contribution in [-0.2, 0) is 6.42 Å². The molecule has 0 heterocycles. The first-order valence-corrected chi connectivity index (χ1v) is 6.24. The first-order valence-electron chi connectivity index (χ1n) is 5.86. The smallest absolute Gasteiger partial charge is 0.126 e. The number of halogens is 2. The normalized spacial score (nSPS) is 25.7. The summed E-state index contributed by atoms with van der Waals surface area (Å²) >= 11 is 5.87. The molecule has 1 nitrogen and oxygen atoms in total. The Morgan fingerprint density at radius 1 is 1.31 bits per heavy atom. The largest absolute Gasteiger partial charge is 0.327 e. The number of benzene rings is 1. The average molecular weight is 242 g/mol. The number of rotatable bonds is 2. The summed E-state index contributed by atoms with van der Waals surface area (Å²) in [5.41, 5.74) is 6.76. The van der Waals surface area contributed by atoms with Crippen LogP contribution in [-0.4, -0.2) is 6.04 Å². The van der Waals surface area contributed by atoms with Crippen molar-refractivity contribution < 1.29 is 4.39 Å². The van der Waals surface area contributed by atoms with E-state index in [1.165, 1.54) is 18.9 Å². The maximum atomic E-state index is 13.6. The Balaban J connectivity index is 2.10. The number of hydrogen-bond acceptors (Lipinski definition) is 1. The third kappa shape index (κ3) is 2.74. The highest BCUT2D eigenvalue weighted by atomic mass is 35.5. The van der Waals surface area contributed by atoms with E-state index < -0.39 is 0 Å². The fourth-order valence-corrected chi connectivity index (χ4v) is 2.67. The fraction of sp³-hybridized carbons (Fsp3) is 0.538. The number of nitrogens with two attached hydrogens (primary N) is 1. The monoisotopic (exact) mass is 241 g/mol. The van der Waals surface area contributed by atoms with E-state index in [0.29, 0.717) is 22.9 Å². The van der Waals surface area contributed by atoms with E-state index in [2.05, 4.69) is 0 Å². The lowest BCUT2D eigenvalue weighted by molar-refractivity contribution is 0.304. The highest BCUT2D eigenvalue weighted by Gasteiger charge is 2.22. The summed E-state index contributed by atoms with van der Waals surface area (Å²) in [6, 6.07) is 4.96. The highest BCUT2D eigenvalue weighted by molar-refractivity contribution is 6.30. The second-order valence-corrected chi connectivity index (χ2v) is 5.08. The molecule has 3 heteroatoms. The number of hydrogen-bond donors (Lipinski definition) is 1. The van der Waals surface area contributed by atoms with E-state index in [9.17, 15) is 4.39 Å². The third-order valence-electron chi connectivity index (χ3n) is 3.46. The topological polar surface area (TPSA) is 26.0 Å². The summed E-state index contributed by atoms with van der Waals surface area (Å²) in [5.74, 6) is 0.240. The molecule has 1 fully saturated rings. The van der Waals surface area contributed by atoms with Crippen molar-refractivity contribution in [3.05, 3.63) is 34.6 Å². The molecule has 0 bridgehead atoms. The van der Waals surface area contributed by atoms with Gasteiger partial charge in [0.1, 0.15) is 5.82 Å². The van der Waals surface area contributed by atoms with Crippen LogP contribution < -0.4 is 5.73 Å². The maximum absolute atomic E-state index is 13.6. The van der Waals surface area contributed by atoms with E-state index >= 15 is 0 Å². The van der Waals surface area contributed by atoms with Gasteiger partial charge in [0.05, 0.1) is 0 Å². The summed E-state index contributed by atoms with van der Waals surface area (Å²) in [6.07, 6.45) is 5.30.